The third kappa shape index (κ3) is 4.51. The van der Waals surface area contributed by atoms with Gasteiger partial charge in [0.25, 0.3) is 0 Å². The Labute approximate surface area is 136 Å². The first kappa shape index (κ1) is 17.4. The SMILES string of the molecule is CC(=O)N1CCN(Cc2ccccc2F)C[C@@H](C(=O)N(C)C)C1. The molecule has 0 aromatic heterocycles. The van der Waals surface area contributed by atoms with Crippen molar-refractivity contribution >= 4 is 11.8 Å². The highest BCUT2D eigenvalue weighted by Crippen LogP contribution is 2.16. The third-order valence-corrected chi connectivity index (χ3v) is 4.19. The standard InChI is InChI=1S/C17H24FN3O2/c1-13(22)21-9-8-20(10-14-6-4-5-7-16(14)18)11-15(12-21)17(23)19(2)3/h4-7,15H,8-12H2,1-3H3/t15-/m1/s1. The molecule has 0 N–H and O–H groups in total. The molecule has 1 aliphatic heterocycles. The molecule has 0 radical (unpaired) electrons. The van der Waals surface area contributed by atoms with Gasteiger partial charge in [0.1, 0.15) is 5.82 Å². The van der Waals surface area contributed by atoms with Crippen LogP contribution in [0.2, 0.25) is 0 Å². The topological polar surface area (TPSA) is 43.9 Å². The number of benzene rings is 1. The summed E-state index contributed by atoms with van der Waals surface area (Å²) < 4.78 is 13.9. The van der Waals surface area contributed by atoms with Crippen molar-refractivity contribution in [2.24, 2.45) is 5.92 Å². The Balaban J connectivity index is 2.15. The van der Waals surface area contributed by atoms with Gasteiger partial charge in [-0.15, -0.1) is 0 Å². The van der Waals surface area contributed by atoms with Crippen LogP contribution >= 0.6 is 0 Å². The molecule has 1 aliphatic rings. The second kappa shape index (κ2) is 7.55. The van der Waals surface area contributed by atoms with E-state index in [1.807, 2.05) is 4.90 Å². The summed E-state index contributed by atoms with van der Waals surface area (Å²) in [6.45, 7) is 4.08. The molecule has 1 aromatic carbocycles. The van der Waals surface area contributed by atoms with Gasteiger partial charge in [-0.3, -0.25) is 14.5 Å². The number of hydrogen-bond acceptors (Lipinski definition) is 3. The maximum atomic E-state index is 13.9. The van der Waals surface area contributed by atoms with Crippen LogP contribution in [0, 0.1) is 11.7 Å². The molecule has 126 valence electrons. The van der Waals surface area contributed by atoms with E-state index in [0.29, 0.717) is 38.3 Å². The number of nitrogens with zero attached hydrogens (tertiary/aromatic N) is 3. The average Bonchev–Trinajstić information content (AvgIpc) is 2.71. The van der Waals surface area contributed by atoms with Crippen LogP contribution in [0.3, 0.4) is 0 Å². The maximum absolute atomic E-state index is 13.9. The lowest BCUT2D eigenvalue weighted by Crippen LogP contribution is -2.41. The monoisotopic (exact) mass is 321 g/mol. The van der Waals surface area contributed by atoms with Gasteiger partial charge in [-0.2, -0.15) is 0 Å². The van der Waals surface area contributed by atoms with Crippen LogP contribution in [-0.2, 0) is 16.1 Å². The summed E-state index contributed by atoms with van der Waals surface area (Å²) >= 11 is 0. The zero-order valence-electron chi connectivity index (χ0n) is 14.0. The first-order valence-electron chi connectivity index (χ1n) is 7.81. The lowest BCUT2D eigenvalue weighted by molar-refractivity contribution is -0.135. The number of carbonyl (C=O) groups is 2. The van der Waals surface area contributed by atoms with Crippen molar-refractivity contribution in [1.29, 1.82) is 0 Å². The van der Waals surface area contributed by atoms with Crippen LogP contribution in [-0.4, -0.2) is 66.8 Å². The maximum Gasteiger partial charge on any atom is 0.228 e. The van der Waals surface area contributed by atoms with Crippen molar-refractivity contribution in [1.82, 2.24) is 14.7 Å². The molecule has 6 heteroatoms. The Bertz CT molecular complexity index is 577. The fourth-order valence-corrected chi connectivity index (χ4v) is 2.90. The van der Waals surface area contributed by atoms with Gasteiger partial charge in [0.15, 0.2) is 0 Å². The van der Waals surface area contributed by atoms with Crippen LogP contribution in [0.25, 0.3) is 0 Å². The molecule has 1 atom stereocenters. The van der Waals surface area contributed by atoms with E-state index < -0.39 is 0 Å². The summed E-state index contributed by atoms with van der Waals surface area (Å²) in [6.07, 6.45) is 0. The van der Waals surface area contributed by atoms with Gasteiger partial charge in [-0.1, -0.05) is 18.2 Å². The van der Waals surface area contributed by atoms with Crippen LogP contribution in [0.4, 0.5) is 4.39 Å². The predicted octanol–water partition coefficient (Wildman–Crippen LogP) is 1.19. The van der Waals surface area contributed by atoms with E-state index in [1.165, 1.54) is 13.0 Å². The van der Waals surface area contributed by atoms with Crippen LogP contribution in [0.1, 0.15) is 12.5 Å². The second-order valence-electron chi connectivity index (χ2n) is 6.22. The third-order valence-electron chi connectivity index (χ3n) is 4.19. The van der Waals surface area contributed by atoms with E-state index in [4.69, 9.17) is 0 Å². The Morgan fingerprint density at radius 1 is 1.22 bits per heavy atom. The van der Waals surface area contributed by atoms with Crippen LogP contribution < -0.4 is 0 Å². The predicted molar refractivity (Wildman–Crippen MR) is 86.1 cm³/mol. The molecule has 2 amide bonds. The summed E-state index contributed by atoms with van der Waals surface area (Å²) in [4.78, 5) is 29.4. The number of halogens is 1. The van der Waals surface area contributed by atoms with Crippen molar-refractivity contribution < 1.29 is 14.0 Å². The Kier molecular flexibility index (Phi) is 5.71. The van der Waals surface area contributed by atoms with E-state index >= 15 is 0 Å². The molecule has 0 unspecified atom stereocenters. The highest BCUT2D eigenvalue weighted by atomic mass is 19.1. The lowest BCUT2D eigenvalue weighted by Gasteiger charge is -2.25. The first-order chi connectivity index (χ1) is 10.9. The smallest absolute Gasteiger partial charge is 0.228 e. The van der Waals surface area contributed by atoms with Gasteiger partial charge in [0, 0.05) is 59.3 Å². The van der Waals surface area contributed by atoms with Crippen molar-refractivity contribution in [3.05, 3.63) is 35.6 Å². The molecule has 5 nitrogen and oxygen atoms in total. The van der Waals surface area contributed by atoms with Gasteiger partial charge < -0.3 is 9.80 Å². The number of amides is 2. The zero-order valence-corrected chi connectivity index (χ0v) is 14.0. The molecule has 1 fully saturated rings. The molecule has 0 saturated carbocycles. The van der Waals surface area contributed by atoms with Gasteiger partial charge in [0.05, 0.1) is 5.92 Å². The minimum absolute atomic E-state index is 0.00307. The van der Waals surface area contributed by atoms with Gasteiger partial charge in [-0.25, -0.2) is 4.39 Å². The number of carbonyl (C=O) groups excluding carboxylic acids is 2. The Morgan fingerprint density at radius 3 is 2.52 bits per heavy atom. The minimum Gasteiger partial charge on any atom is -0.348 e. The fraction of sp³-hybridized carbons (Fsp3) is 0.529. The van der Waals surface area contributed by atoms with Gasteiger partial charge in [-0.05, 0) is 6.07 Å². The highest BCUT2D eigenvalue weighted by molar-refractivity contribution is 5.80. The van der Waals surface area contributed by atoms with Gasteiger partial charge >= 0.3 is 0 Å². The fourth-order valence-electron chi connectivity index (χ4n) is 2.90. The zero-order chi connectivity index (χ0) is 17.0. The van der Waals surface area contributed by atoms with E-state index in [0.717, 1.165) is 0 Å². The Morgan fingerprint density at radius 2 is 1.91 bits per heavy atom. The molecule has 23 heavy (non-hydrogen) atoms. The first-order valence-corrected chi connectivity index (χ1v) is 7.81. The van der Waals surface area contributed by atoms with E-state index in [-0.39, 0.29) is 23.5 Å². The average molecular weight is 321 g/mol. The second-order valence-corrected chi connectivity index (χ2v) is 6.22. The van der Waals surface area contributed by atoms with Crippen LogP contribution in [0.15, 0.2) is 24.3 Å². The minimum atomic E-state index is -0.289. The van der Waals surface area contributed by atoms with Crippen molar-refractivity contribution in [3.63, 3.8) is 0 Å². The normalized spacial score (nSPS) is 19.3. The summed E-state index contributed by atoms with van der Waals surface area (Å²) in [5, 5.41) is 0. The lowest BCUT2D eigenvalue weighted by atomic mass is 10.1. The summed E-state index contributed by atoms with van der Waals surface area (Å²) in [6, 6.07) is 6.67. The van der Waals surface area contributed by atoms with E-state index in [9.17, 15) is 14.0 Å². The molecule has 0 bridgehead atoms. The van der Waals surface area contributed by atoms with Crippen molar-refractivity contribution in [2.75, 3.05) is 40.3 Å². The van der Waals surface area contributed by atoms with E-state index in [2.05, 4.69) is 0 Å². The summed E-state index contributed by atoms with van der Waals surface area (Å²) in [5.74, 6) is -0.565. The van der Waals surface area contributed by atoms with Crippen LogP contribution in [0.5, 0.6) is 0 Å². The molecule has 1 saturated heterocycles. The number of hydrogen-bond donors (Lipinski definition) is 0. The molecular weight excluding hydrogens is 297 g/mol. The highest BCUT2D eigenvalue weighted by Gasteiger charge is 2.30. The van der Waals surface area contributed by atoms with Gasteiger partial charge in [0.2, 0.25) is 11.8 Å². The Hall–Kier alpha value is -1.95. The molecule has 1 heterocycles. The molecule has 1 aromatic rings. The molecule has 2 rings (SSSR count). The summed E-state index contributed by atoms with van der Waals surface area (Å²) in [7, 11) is 3.43. The molecular formula is C17H24FN3O2. The number of rotatable bonds is 3. The quantitative estimate of drug-likeness (QED) is 0.840. The largest absolute Gasteiger partial charge is 0.348 e. The van der Waals surface area contributed by atoms with Crippen molar-refractivity contribution in [3.8, 4) is 0 Å². The molecule has 0 aliphatic carbocycles. The summed E-state index contributed by atoms with van der Waals surface area (Å²) in [5.41, 5.74) is 0.611. The van der Waals surface area contributed by atoms with E-state index in [1.54, 1.807) is 42.1 Å². The molecule has 0 spiro atoms. The van der Waals surface area contributed by atoms with Crippen molar-refractivity contribution in [2.45, 2.75) is 13.5 Å².